The highest BCUT2D eigenvalue weighted by Gasteiger charge is 2.07. The second-order valence-electron chi connectivity index (χ2n) is 4.27. The topological polar surface area (TPSA) is 44.8 Å². The SMILES string of the molecule is CN(c1ccc(-c2ccccc2)cc1)c1nc[nH]n1.Cl. The highest BCUT2D eigenvalue weighted by molar-refractivity contribution is 5.85. The zero-order chi connectivity index (χ0) is 13.1. The zero-order valence-electron chi connectivity index (χ0n) is 11.0. The number of aromatic nitrogens is 3. The Balaban J connectivity index is 0.00000147. The molecule has 0 spiro atoms. The van der Waals surface area contributed by atoms with Crippen molar-refractivity contribution in [1.82, 2.24) is 15.2 Å². The van der Waals surface area contributed by atoms with Crippen LogP contribution >= 0.6 is 12.4 Å². The van der Waals surface area contributed by atoms with E-state index in [-0.39, 0.29) is 12.4 Å². The number of halogens is 1. The molecule has 1 aromatic heterocycles. The van der Waals surface area contributed by atoms with Crippen molar-refractivity contribution in [2.45, 2.75) is 0 Å². The Morgan fingerprint density at radius 2 is 1.55 bits per heavy atom. The summed E-state index contributed by atoms with van der Waals surface area (Å²) in [4.78, 5) is 6.07. The summed E-state index contributed by atoms with van der Waals surface area (Å²) in [7, 11) is 1.95. The molecule has 0 unspecified atom stereocenters. The van der Waals surface area contributed by atoms with Gasteiger partial charge in [-0.3, -0.25) is 5.10 Å². The van der Waals surface area contributed by atoms with Crippen LogP contribution < -0.4 is 4.90 Å². The minimum absolute atomic E-state index is 0. The van der Waals surface area contributed by atoms with E-state index in [4.69, 9.17) is 0 Å². The molecule has 0 aliphatic rings. The van der Waals surface area contributed by atoms with E-state index in [9.17, 15) is 0 Å². The number of anilines is 2. The van der Waals surface area contributed by atoms with Gasteiger partial charge < -0.3 is 4.90 Å². The standard InChI is InChI=1S/C15H14N4.ClH/c1-19(15-16-11-17-18-15)14-9-7-13(8-10-14)12-5-3-2-4-6-12;/h2-11H,1H3,(H,16,17,18);1H. The van der Waals surface area contributed by atoms with Crippen molar-refractivity contribution in [1.29, 1.82) is 0 Å². The van der Waals surface area contributed by atoms with Crippen LogP contribution in [0.4, 0.5) is 11.6 Å². The fourth-order valence-corrected chi connectivity index (χ4v) is 1.99. The fourth-order valence-electron chi connectivity index (χ4n) is 1.99. The van der Waals surface area contributed by atoms with Crippen molar-refractivity contribution in [3.05, 3.63) is 60.9 Å². The summed E-state index contributed by atoms with van der Waals surface area (Å²) < 4.78 is 0. The number of benzene rings is 2. The van der Waals surface area contributed by atoms with Crippen molar-refractivity contribution in [3.8, 4) is 11.1 Å². The summed E-state index contributed by atoms with van der Waals surface area (Å²) in [6.45, 7) is 0. The van der Waals surface area contributed by atoms with Gasteiger partial charge in [-0.05, 0) is 23.3 Å². The number of H-pyrrole nitrogens is 1. The molecule has 0 aliphatic carbocycles. The first kappa shape index (κ1) is 14.1. The van der Waals surface area contributed by atoms with Crippen LogP contribution in [-0.4, -0.2) is 22.2 Å². The second-order valence-corrected chi connectivity index (χ2v) is 4.27. The molecule has 0 atom stereocenters. The van der Waals surface area contributed by atoms with Crippen LogP contribution in [0.2, 0.25) is 0 Å². The van der Waals surface area contributed by atoms with Gasteiger partial charge in [0.05, 0.1) is 0 Å². The van der Waals surface area contributed by atoms with Gasteiger partial charge in [-0.1, -0.05) is 42.5 Å². The molecule has 0 amide bonds. The first-order valence-corrected chi connectivity index (χ1v) is 6.09. The molecule has 102 valence electrons. The summed E-state index contributed by atoms with van der Waals surface area (Å²) in [6, 6.07) is 18.7. The van der Waals surface area contributed by atoms with Crippen LogP contribution in [0.1, 0.15) is 0 Å². The van der Waals surface area contributed by atoms with E-state index in [1.54, 1.807) is 6.33 Å². The Morgan fingerprint density at radius 1 is 0.900 bits per heavy atom. The van der Waals surface area contributed by atoms with Gasteiger partial charge in [0.1, 0.15) is 6.33 Å². The van der Waals surface area contributed by atoms with Gasteiger partial charge >= 0.3 is 0 Å². The number of nitrogens with one attached hydrogen (secondary N) is 1. The smallest absolute Gasteiger partial charge is 0.248 e. The molecule has 20 heavy (non-hydrogen) atoms. The lowest BCUT2D eigenvalue weighted by Crippen LogP contribution is -2.10. The molecule has 1 N–H and O–H groups in total. The Morgan fingerprint density at radius 3 is 2.15 bits per heavy atom. The molecular formula is C15H15ClN4. The zero-order valence-corrected chi connectivity index (χ0v) is 11.8. The van der Waals surface area contributed by atoms with E-state index in [1.807, 2.05) is 30.1 Å². The maximum atomic E-state index is 4.13. The minimum Gasteiger partial charge on any atom is -0.312 e. The molecule has 5 heteroatoms. The summed E-state index contributed by atoms with van der Waals surface area (Å²) in [5.41, 5.74) is 3.47. The molecule has 0 saturated carbocycles. The average Bonchev–Trinajstić information content (AvgIpc) is 3.02. The molecule has 3 aromatic rings. The Hall–Kier alpha value is -2.33. The highest BCUT2D eigenvalue weighted by Crippen LogP contribution is 2.24. The van der Waals surface area contributed by atoms with Crippen LogP contribution in [0.3, 0.4) is 0 Å². The number of rotatable bonds is 3. The van der Waals surface area contributed by atoms with Crippen molar-refractivity contribution >= 4 is 24.0 Å². The predicted molar refractivity (Wildman–Crippen MR) is 83.6 cm³/mol. The van der Waals surface area contributed by atoms with E-state index in [0.717, 1.165) is 5.69 Å². The molecule has 0 bridgehead atoms. The average molecular weight is 287 g/mol. The lowest BCUT2D eigenvalue weighted by Gasteiger charge is -2.15. The molecule has 0 radical (unpaired) electrons. The largest absolute Gasteiger partial charge is 0.312 e. The third kappa shape index (κ3) is 2.81. The molecule has 4 nitrogen and oxygen atoms in total. The van der Waals surface area contributed by atoms with Gasteiger partial charge in [0.15, 0.2) is 0 Å². The third-order valence-electron chi connectivity index (χ3n) is 3.06. The van der Waals surface area contributed by atoms with Gasteiger partial charge in [-0.25, -0.2) is 4.98 Å². The monoisotopic (exact) mass is 286 g/mol. The number of nitrogens with zero attached hydrogens (tertiary/aromatic N) is 3. The highest BCUT2D eigenvalue weighted by atomic mass is 35.5. The summed E-state index contributed by atoms with van der Waals surface area (Å²) >= 11 is 0. The molecule has 3 rings (SSSR count). The Labute approximate surface area is 123 Å². The van der Waals surface area contributed by atoms with E-state index in [2.05, 4.69) is 51.6 Å². The predicted octanol–water partition coefficient (Wildman–Crippen LogP) is 3.66. The molecule has 0 saturated heterocycles. The lowest BCUT2D eigenvalue weighted by atomic mass is 10.1. The molecule has 1 heterocycles. The lowest BCUT2D eigenvalue weighted by molar-refractivity contribution is 1.03. The van der Waals surface area contributed by atoms with Crippen molar-refractivity contribution in [2.75, 3.05) is 11.9 Å². The quantitative estimate of drug-likeness (QED) is 0.799. The normalized spacial score (nSPS) is 9.85. The van der Waals surface area contributed by atoms with E-state index >= 15 is 0 Å². The van der Waals surface area contributed by atoms with Crippen molar-refractivity contribution in [3.63, 3.8) is 0 Å². The summed E-state index contributed by atoms with van der Waals surface area (Å²) in [5, 5.41) is 6.78. The first-order chi connectivity index (χ1) is 9.34. The van der Waals surface area contributed by atoms with Crippen LogP contribution in [0.25, 0.3) is 11.1 Å². The van der Waals surface area contributed by atoms with Crippen LogP contribution in [0, 0.1) is 0 Å². The van der Waals surface area contributed by atoms with Gasteiger partial charge in [-0.2, -0.15) is 0 Å². The number of hydrogen-bond donors (Lipinski definition) is 1. The van der Waals surface area contributed by atoms with E-state index < -0.39 is 0 Å². The van der Waals surface area contributed by atoms with Gasteiger partial charge in [0.2, 0.25) is 5.95 Å². The Kier molecular flexibility index (Phi) is 4.38. The van der Waals surface area contributed by atoms with Gasteiger partial charge in [-0.15, -0.1) is 17.5 Å². The van der Waals surface area contributed by atoms with Crippen molar-refractivity contribution in [2.24, 2.45) is 0 Å². The number of hydrogen-bond acceptors (Lipinski definition) is 3. The first-order valence-electron chi connectivity index (χ1n) is 6.09. The van der Waals surface area contributed by atoms with E-state index in [1.165, 1.54) is 11.1 Å². The maximum Gasteiger partial charge on any atom is 0.248 e. The number of aromatic amines is 1. The van der Waals surface area contributed by atoms with Crippen LogP contribution in [0.5, 0.6) is 0 Å². The van der Waals surface area contributed by atoms with Crippen molar-refractivity contribution < 1.29 is 0 Å². The van der Waals surface area contributed by atoms with Crippen LogP contribution in [-0.2, 0) is 0 Å². The molecule has 0 aliphatic heterocycles. The summed E-state index contributed by atoms with van der Waals surface area (Å²) in [6.07, 6.45) is 1.57. The Bertz CT molecular complexity index is 635. The molecule has 0 fully saturated rings. The fraction of sp³-hybridized carbons (Fsp3) is 0.0667. The van der Waals surface area contributed by atoms with Gasteiger partial charge in [0.25, 0.3) is 0 Å². The molecular weight excluding hydrogens is 272 g/mol. The van der Waals surface area contributed by atoms with Crippen LogP contribution in [0.15, 0.2) is 60.9 Å². The van der Waals surface area contributed by atoms with E-state index in [0.29, 0.717) is 5.95 Å². The minimum atomic E-state index is 0. The second kappa shape index (κ2) is 6.21. The summed E-state index contributed by atoms with van der Waals surface area (Å²) in [5.74, 6) is 0.660. The molecule has 2 aromatic carbocycles. The third-order valence-corrected chi connectivity index (χ3v) is 3.06. The maximum absolute atomic E-state index is 4.13. The van der Waals surface area contributed by atoms with Gasteiger partial charge in [0, 0.05) is 12.7 Å².